The zero-order valence-electron chi connectivity index (χ0n) is 15.8. The molecule has 0 bridgehead atoms. The Morgan fingerprint density at radius 2 is 1.90 bits per heavy atom. The minimum absolute atomic E-state index is 0.0532. The Morgan fingerprint density at radius 3 is 2.72 bits per heavy atom. The Kier molecular flexibility index (Phi) is 5.76. The molecule has 1 amide bonds. The Balaban J connectivity index is 1.36. The molecule has 4 rings (SSSR count). The zero-order chi connectivity index (χ0) is 20.1. The summed E-state index contributed by atoms with van der Waals surface area (Å²) in [4.78, 5) is 12.3. The molecule has 0 fully saturated rings. The maximum Gasteiger partial charge on any atom is 0.283 e. The van der Waals surface area contributed by atoms with E-state index >= 15 is 0 Å². The Hall–Kier alpha value is -3.32. The van der Waals surface area contributed by atoms with E-state index in [1.54, 1.807) is 30.2 Å². The molecule has 0 aliphatic heterocycles. The minimum atomic E-state index is -0.0532. The fourth-order valence-corrected chi connectivity index (χ4v) is 3.70. The minimum Gasteiger partial charge on any atom is -0.459 e. The molecule has 0 aliphatic carbocycles. The van der Waals surface area contributed by atoms with Crippen molar-refractivity contribution in [2.24, 2.45) is 0 Å². The molecule has 2 aromatic heterocycles. The second-order valence-corrected chi connectivity index (χ2v) is 7.42. The summed E-state index contributed by atoms with van der Waals surface area (Å²) in [5, 5.41) is 11.0. The Morgan fingerprint density at radius 1 is 1.03 bits per heavy atom. The molecule has 2 aromatic carbocycles. The highest BCUT2D eigenvalue weighted by molar-refractivity contribution is 7.99. The Labute approximate surface area is 172 Å². The van der Waals surface area contributed by atoms with E-state index in [0.29, 0.717) is 29.0 Å². The van der Waals surface area contributed by atoms with Crippen LogP contribution in [0, 0.1) is 6.92 Å². The molecule has 0 saturated carbocycles. The van der Waals surface area contributed by atoms with E-state index in [0.717, 1.165) is 11.3 Å². The molecule has 7 heteroatoms. The zero-order valence-corrected chi connectivity index (χ0v) is 16.6. The molecule has 6 nitrogen and oxygen atoms in total. The maximum atomic E-state index is 12.3. The SMILES string of the molecule is Cc1ccccc1CSCC(=O)Nc1cccc(-c2nnc(-c3ccco3)o2)c1. The van der Waals surface area contributed by atoms with Gasteiger partial charge in [0.1, 0.15) is 0 Å². The summed E-state index contributed by atoms with van der Waals surface area (Å²) in [6.45, 7) is 2.08. The van der Waals surface area contributed by atoms with Crippen molar-refractivity contribution in [1.82, 2.24) is 10.2 Å². The molecule has 0 aliphatic rings. The Bertz CT molecular complexity index is 1110. The van der Waals surface area contributed by atoms with Gasteiger partial charge in [0.05, 0.1) is 12.0 Å². The van der Waals surface area contributed by atoms with Crippen LogP contribution in [-0.2, 0) is 10.5 Å². The van der Waals surface area contributed by atoms with Gasteiger partial charge in [0.2, 0.25) is 11.8 Å². The third-order valence-electron chi connectivity index (χ3n) is 4.30. The van der Waals surface area contributed by atoms with Crippen LogP contribution in [-0.4, -0.2) is 21.9 Å². The quantitative estimate of drug-likeness (QED) is 0.456. The van der Waals surface area contributed by atoms with Gasteiger partial charge < -0.3 is 14.2 Å². The van der Waals surface area contributed by atoms with Crippen LogP contribution in [0.5, 0.6) is 0 Å². The van der Waals surface area contributed by atoms with E-state index in [1.807, 2.05) is 36.4 Å². The van der Waals surface area contributed by atoms with E-state index in [1.165, 1.54) is 11.1 Å². The monoisotopic (exact) mass is 405 g/mol. The van der Waals surface area contributed by atoms with Crippen molar-refractivity contribution in [3.8, 4) is 23.1 Å². The highest BCUT2D eigenvalue weighted by Crippen LogP contribution is 2.26. The van der Waals surface area contributed by atoms with Crippen molar-refractivity contribution in [3.05, 3.63) is 78.1 Å². The molecule has 29 heavy (non-hydrogen) atoms. The standard InChI is InChI=1S/C22H19N3O3S/c1-15-6-2-3-7-17(15)13-29-14-20(26)23-18-9-4-8-16(12-18)21-24-25-22(28-21)19-10-5-11-27-19/h2-12H,13-14H2,1H3,(H,23,26). The van der Waals surface area contributed by atoms with Crippen molar-refractivity contribution in [2.75, 3.05) is 11.1 Å². The summed E-state index contributed by atoms with van der Waals surface area (Å²) in [6, 6.07) is 19.0. The number of carbonyl (C=O) groups excluding carboxylic acids is 1. The van der Waals surface area contributed by atoms with Gasteiger partial charge in [-0.3, -0.25) is 4.79 Å². The maximum absolute atomic E-state index is 12.3. The average Bonchev–Trinajstić information content (AvgIpc) is 3.41. The molecular formula is C22H19N3O3S. The summed E-state index contributed by atoms with van der Waals surface area (Å²) in [6.07, 6.45) is 1.55. The molecule has 2 heterocycles. The molecule has 1 N–H and O–H groups in total. The molecule has 0 saturated heterocycles. The average molecular weight is 405 g/mol. The number of carbonyl (C=O) groups is 1. The van der Waals surface area contributed by atoms with Crippen molar-refractivity contribution >= 4 is 23.4 Å². The number of anilines is 1. The number of benzene rings is 2. The summed E-state index contributed by atoms with van der Waals surface area (Å²) < 4.78 is 10.9. The molecule has 0 atom stereocenters. The van der Waals surface area contributed by atoms with E-state index in [-0.39, 0.29) is 5.91 Å². The fraction of sp³-hybridized carbons (Fsp3) is 0.136. The van der Waals surface area contributed by atoms with Crippen LogP contribution in [0.25, 0.3) is 23.1 Å². The van der Waals surface area contributed by atoms with Gasteiger partial charge in [0, 0.05) is 17.0 Å². The first-order valence-electron chi connectivity index (χ1n) is 9.09. The first-order chi connectivity index (χ1) is 14.2. The van der Waals surface area contributed by atoms with Gasteiger partial charge in [-0.2, -0.15) is 0 Å². The van der Waals surface area contributed by atoms with Gasteiger partial charge in [-0.05, 0) is 48.4 Å². The number of nitrogens with zero attached hydrogens (tertiary/aromatic N) is 2. The van der Waals surface area contributed by atoms with E-state index in [9.17, 15) is 4.79 Å². The van der Waals surface area contributed by atoms with E-state index in [2.05, 4.69) is 34.6 Å². The summed E-state index contributed by atoms with van der Waals surface area (Å²) in [7, 11) is 0. The molecule has 0 radical (unpaired) electrons. The van der Waals surface area contributed by atoms with Gasteiger partial charge in [-0.25, -0.2) is 0 Å². The van der Waals surface area contributed by atoms with E-state index in [4.69, 9.17) is 8.83 Å². The largest absolute Gasteiger partial charge is 0.459 e. The lowest BCUT2D eigenvalue weighted by Gasteiger charge is -2.07. The number of aromatic nitrogens is 2. The lowest BCUT2D eigenvalue weighted by atomic mass is 10.1. The van der Waals surface area contributed by atoms with Gasteiger partial charge in [0.25, 0.3) is 5.89 Å². The first kappa shape index (κ1) is 19.0. The van der Waals surface area contributed by atoms with Crippen LogP contribution in [0.1, 0.15) is 11.1 Å². The molecule has 0 spiro atoms. The van der Waals surface area contributed by atoms with Crippen LogP contribution >= 0.6 is 11.8 Å². The predicted molar refractivity (Wildman–Crippen MR) is 113 cm³/mol. The fourth-order valence-electron chi connectivity index (χ4n) is 2.79. The predicted octanol–water partition coefficient (Wildman–Crippen LogP) is 5.18. The van der Waals surface area contributed by atoms with Crippen molar-refractivity contribution < 1.29 is 13.6 Å². The highest BCUT2D eigenvalue weighted by Gasteiger charge is 2.13. The molecule has 4 aromatic rings. The highest BCUT2D eigenvalue weighted by atomic mass is 32.2. The number of amides is 1. The van der Waals surface area contributed by atoms with Crippen LogP contribution in [0.2, 0.25) is 0 Å². The van der Waals surface area contributed by atoms with Crippen LogP contribution in [0.15, 0.2) is 75.8 Å². The second kappa shape index (κ2) is 8.79. The number of hydrogen-bond donors (Lipinski definition) is 1. The summed E-state index contributed by atoms with van der Waals surface area (Å²) in [5.74, 6) is 2.31. The number of rotatable bonds is 7. The third-order valence-corrected chi connectivity index (χ3v) is 5.28. The first-order valence-corrected chi connectivity index (χ1v) is 10.2. The number of aryl methyl sites for hydroxylation is 1. The third kappa shape index (κ3) is 4.75. The number of thioether (sulfide) groups is 1. The summed E-state index contributed by atoms with van der Waals surface area (Å²) >= 11 is 1.59. The smallest absolute Gasteiger partial charge is 0.283 e. The molecule has 0 unspecified atom stereocenters. The van der Waals surface area contributed by atoms with Crippen molar-refractivity contribution in [3.63, 3.8) is 0 Å². The van der Waals surface area contributed by atoms with Gasteiger partial charge in [-0.15, -0.1) is 22.0 Å². The molecular weight excluding hydrogens is 386 g/mol. The second-order valence-electron chi connectivity index (χ2n) is 6.44. The van der Waals surface area contributed by atoms with Crippen LogP contribution in [0.4, 0.5) is 5.69 Å². The normalized spacial score (nSPS) is 10.8. The number of furan rings is 1. The van der Waals surface area contributed by atoms with Gasteiger partial charge in [0.15, 0.2) is 5.76 Å². The number of hydrogen-bond acceptors (Lipinski definition) is 6. The topological polar surface area (TPSA) is 81.2 Å². The lowest BCUT2D eigenvalue weighted by molar-refractivity contribution is -0.113. The van der Waals surface area contributed by atoms with Gasteiger partial charge >= 0.3 is 0 Å². The van der Waals surface area contributed by atoms with Crippen molar-refractivity contribution in [1.29, 1.82) is 0 Å². The molecule has 146 valence electrons. The lowest BCUT2D eigenvalue weighted by Crippen LogP contribution is -2.14. The van der Waals surface area contributed by atoms with Crippen LogP contribution < -0.4 is 5.32 Å². The summed E-state index contributed by atoms with van der Waals surface area (Å²) in [5.41, 5.74) is 3.89. The van der Waals surface area contributed by atoms with Crippen molar-refractivity contribution in [2.45, 2.75) is 12.7 Å². The number of nitrogens with one attached hydrogen (secondary N) is 1. The van der Waals surface area contributed by atoms with E-state index < -0.39 is 0 Å². The van der Waals surface area contributed by atoms with Crippen LogP contribution in [0.3, 0.4) is 0 Å². The van der Waals surface area contributed by atoms with Gasteiger partial charge in [-0.1, -0.05) is 30.3 Å².